The first-order chi connectivity index (χ1) is 10.1. The number of hydrogen-bond donors (Lipinski definition) is 1. The highest BCUT2D eigenvalue weighted by Gasteiger charge is 2.12. The molecule has 0 spiro atoms. The number of carbonyl (C=O) groups is 1. The summed E-state index contributed by atoms with van der Waals surface area (Å²) < 4.78 is 13.3. The number of aromatic nitrogens is 1. The molecule has 0 fully saturated rings. The Morgan fingerprint density at radius 3 is 2.67 bits per heavy atom. The lowest BCUT2D eigenvalue weighted by atomic mass is 10.1. The van der Waals surface area contributed by atoms with Crippen LogP contribution in [0.3, 0.4) is 0 Å². The van der Waals surface area contributed by atoms with Crippen LogP contribution >= 0.6 is 11.8 Å². The Bertz CT molecular complexity index is 835. The van der Waals surface area contributed by atoms with Crippen molar-refractivity contribution in [1.29, 1.82) is 0 Å². The zero-order valence-electron chi connectivity index (χ0n) is 10.8. The summed E-state index contributed by atoms with van der Waals surface area (Å²) in [5.41, 5.74) is -0.0207. The smallest absolute Gasteiger partial charge is 0.354 e. The quantitative estimate of drug-likeness (QED) is 0.786. The molecule has 2 aromatic carbocycles. The largest absolute Gasteiger partial charge is 0.477 e. The summed E-state index contributed by atoms with van der Waals surface area (Å²) in [6, 6.07) is 15.1. The van der Waals surface area contributed by atoms with Crippen LogP contribution in [-0.4, -0.2) is 16.1 Å². The molecule has 104 valence electrons. The third-order valence-corrected chi connectivity index (χ3v) is 3.93. The van der Waals surface area contributed by atoms with Crippen molar-refractivity contribution in [2.75, 3.05) is 0 Å². The average molecular weight is 299 g/mol. The third kappa shape index (κ3) is 2.87. The van der Waals surface area contributed by atoms with Crippen molar-refractivity contribution in [2.24, 2.45) is 0 Å². The summed E-state index contributed by atoms with van der Waals surface area (Å²) in [6.07, 6.45) is 0. The SMILES string of the molecule is O=C(O)c1cc2ccccc2c(Sc2cccc(F)c2)n1. The maximum atomic E-state index is 13.3. The van der Waals surface area contributed by atoms with E-state index in [0.717, 1.165) is 10.8 Å². The Kier molecular flexibility index (Phi) is 3.58. The molecule has 0 aliphatic rings. The first-order valence-electron chi connectivity index (χ1n) is 6.20. The van der Waals surface area contributed by atoms with E-state index in [-0.39, 0.29) is 11.5 Å². The van der Waals surface area contributed by atoms with Gasteiger partial charge in [-0.1, -0.05) is 42.1 Å². The van der Waals surface area contributed by atoms with Crippen LogP contribution in [0.1, 0.15) is 10.5 Å². The minimum Gasteiger partial charge on any atom is -0.477 e. The molecule has 3 aromatic rings. The van der Waals surface area contributed by atoms with Crippen molar-refractivity contribution in [3.63, 3.8) is 0 Å². The normalized spacial score (nSPS) is 10.7. The Hall–Kier alpha value is -2.40. The second kappa shape index (κ2) is 5.54. The molecule has 0 saturated carbocycles. The Balaban J connectivity index is 2.13. The number of benzene rings is 2. The van der Waals surface area contributed by atoms with Crippen LogP contribution in [-0.2, 0) is 0 Å². The molecule has 5 heteroatoms. The number of carboxylic acids is 1. The predicted octanol–water partition coefficient (Wildman–Crippen LogP) is 4.22. The van der Waals surface area contributed by atoms with Crippen molar-refractivity contribution in [3.05, 3.63) is 66.1 Å². The lowest BCUT2D eigenvalue weighted by molar-refractivity contribution is 0.0690. The van der Waals surface area contributed by atoms with E-state index >= 15 is 0 Å². The van der Waals surface area contributed by atoms with Gasteiger partial charge < -0.3 is 5.11 Å². The second-order valence-corrected chi connectivity index (χ2v) is 5.46. The molecule has 0 radical (unpaired) electrons. The van der Waals surface area contributed by atoms with E-state index in [4.69, 9.17) is 5.11 Å². The number of fused-ring (bicyclic) bond motifs is 1. The maximum absolute atomic E-state index is 13.3. The van der Waals surface area contributed by atoms with Crippen LogP contribution in [0.2, 0.25) is 0 Å². The highest BCUT2D eigenvalue weighted by Crippen LogP contribution is 2.32. The maximum Gasteiger partial charge on any atom is 0.354 e. The van der Waals surface area contributed by atoms with Gasteiger partial charge in [0.1, 0.15) is 16.5 Å². The minimum absolute atomic E-state index is 0.0207. The van der Waals surface area contributed by atoms with Gasteiger partial charge in [0.05, 0.1) is 0 Å². The number of aromatic carboxylic acids is 1. The van der Waals surface area contributed by atoms with Gasteiger partial charge >= 0.3 is 5.97 Å². The summed E-state index contributed by atoms with van der Waals surface area (Å²) >= 11 is 1.25. The van der Waals surface area contributed by atoms with E-state index in [1.165, 1.54) is 30.0 Å². The molecular formula is C16H10FNO2S. The minimum atomic E-state index is -1.08. The van der Waals surface area contributed by atoms with Crippen LogP contribution in [0, 0.1) is 5.82 Å². The molecule has 1 aromatic heterocycles. The van der Waals surface area contributed by atoms with Gasteiger partial charge in [-0.3, -0.25) is 0 Å². The number of nitrogens with zero attached hydrogens (tertiary/aromatic N) is 1. The van der Waals surface area contributed by atoms with Crippen molar-refractivity contribution in [1.82, 2.24) is 4.98 Å². The van der Waals surface area contributed by atoms with Crippen LogP contribution in [0.5, 0.6) is 0 Å². The molecule has 3 nitrogen and oxygen atoms in total. The number of carboxylic acid groups (broad SMARTS) is 1. The number of halogens is 1. The molecule has 0 aliphatic carbocycles. The summed E-state index contributed by atoms with van der Waals surface area (Å²) in [7, 11) is 0. The molecule has 1 heterocycles. The molecule has 0 aliphatic heterocycles. The summed E-state index contributed by atoms with van der Waals surface area (Å²) in [5.74, 6) is -1.42. The monoisotopic (exact) mass is 299 g/mol. The highest BCUT2D eigenvalue weighted by molar-refractivity contribution is 7.99. The highest BCUT2D eigenvalue weighted by atomic mass is 32.2. The Morgan fingerprint density at radius 1 is 1.10 bits per heavy atom. The zero-order chi connectivity index (χ0) is 14.8. The van der Waals surface area contributed by atoms with E-state index in [1.807, 2.05) is 24.3 Å². The van der Waals surface area contributed by atoms with E-state index < -0.39 is 5.97 Å². The van der Waals surface area contributed by atoms with E-state index in [1.54, 1.807) is 12.1 Å². The molecular weight excluding hydrogens is 289 g/mol. The van der Waals surface area contributed by atoms with Gasteiger partial charge in [0, 0.05) is 10.3 Å². The van der Waals surface area contributed by atoms with Gasteiger partial charge in [-0.05, 0) is 29.7 Å². The Morgan fingerprint density at radius 2 is 1.90 bits per heavy atom. The standard InChI is InChI=1S/C16H10FNO2S/c17-11-5-3-6-12(9-11)21-15-13-7-2-1-4-10(13)8-14(18-15)16(19)20/h1-9H,(H,19,20). The van der Waals surface area contributed by atoms with Crippen molar-refractivity contribution in [2.45, 2.75) is 9.92 Å². The van der Waals surface area contributed by atoms with Gasteiger partial charge in [-0.2, -0.15) is 0 Å². The van der Waals surface area contributed by atoms with Crippen LogP contribution in [0.25, 0.3) is 10.8 Å². The lowest BCUT2D eigenvalue weighted by Crippen LogP contribution is -2.01. The topological polar surface area (TPSA) is 50.2 Å². The molecule has 21 heavy (non-hydrogen) atoms. The summed E-state index contributed by atoms with van der Waals surface area (Å²) in [4.78, 5) is 16.0. The predicted molar refractivity (Wildman–Crippen MR) is 79.2 cm³/mol. The molecule has 1 N–H and O–H groups in total. The first-order valence-corrected chi connectivity index (χ1v) is 7.01. The molecule has 0 atom stereocenters. The molecule has 0 bridgehead atoms. The zero-order valence-corrected chi connectivity index (χ0v) is 11.6. The van der Waals surface area contributed by atoms with Crippen LogP contribution < -0.4 is 0 Å². The van der Waals surface area contributed by atoms with Gasteiger partial charge in [-0.25, -0.2) is 14.2 Å². The molecule has 0 saturated heterocycles. The van der Waals surface area contributed by atoms with E-state index in [0.29, 0.717) is 9.92 Å². The fourth-order valence-electron chi connectivity index (χ4n) is 2.00. The first kappa shape index (κ1) is 13.6. The van der Waals surface area contributed by atoms with Crippen LogP contribution in [0.15, 0.2) is 64.5 Å². The lowest BCUT2D eigenvalue weighted by Gasteiger charge is -2.07. The summed E-state index contributed by atoms with van der Waals surface area (Å²) in [5, 5.41) is 11.3. The average Bonchev–Trinajstić information content (AvgIpc) is 2.47. The molecule has 0 unspecified atom stereocenters. The fourth-order valence-corrected chi connectivity index (χ4v) is 2.98. The van der Waals surface area contributed by atoms with Gasteiger partial charge in [0.25, 0.3) is 0 Å². The van der Waals surface area contributed by atoms with Gasteiger partial charge in [-0.15, -0.1) is 0 Å². The van der Waals surface area contributed by atoms with E-state index in [9.17, 15) is 9.18 Å². The van der Waals surface area contributed by atoms with Crippen molar-refractivity contribution in [3.8, 4) is 0 Å². The third-order valence-electron chi connectivity index (χ3n) is 2.94. The summed E-state index contributed by atoms with van der Waals surface area (Å²) in [6.45, 7) is 0. The van der Waals surface area contributed by atoms with Gasteiger partial charge in [0.2, 0.25) is 0 Å². The number of hydrogen-bond acceptors (Lipinski definition) is 3. The van der Waals surface area contributed by atoms with Crippen molar-refractivity contribution >= 4 is 28.5 Å². The second-order valence-electron chi connectivity index (χ2n) is 4.40. The Labute approximate surface area is 124 Å². The van der Waals surface area contributed by atoms with Gasteiger partial charge in [0.15, 0.2) is 0 Å². The number of pyridine rings is 1. The fraction of sp³-hybridized carbons (Fsp3) is 0. The number of rotatable bonds is 3. The van der Waals surface area contributed by atoms with Crippen molar-refractivity contribution < 1.29 is 14.3 Å². The van der Waals surface area contributed by atoms with E-state index in [2.05, 4.69) is 4.98 Å². The molecule has 3 rings (SSSR count). The molecule has 0 amide bonds. The van der Waals surface area contributed by atoms with Crippen LogP contribution in [0.4, 0.5) is 4.39 Å².